The minimum Gasteiger partial charge on any atom is -0.382 e. The third-order valence-corrected chi connectivity index (χ3v) is 6.37. The van der Waals surface area contributed by atoms with Crippen molar-refractivity contribution >= 4 is 33.5 Å². The molecule has 2 aromatic rings. The van der Waals surface area contributed by atoms with Crippen molar-refractivity contribution < 1.29 is 9.13 Å². The van der Waals surface area contributed by atoms with Crippen LogP contribution in [0.3, 0.4) is 0 Å². The van der Waals surface area contributed by atoms with Gasteiger partial charge in [0.2, 0.25) is 0 Å². The number of ether oxygens (including phenoxy) is 1. The molecule has 7 heteroatoms. The quantitative estimate of drug-likeness (QED) is 0.771. The van der Waals surface area contributed by atoms with Gasteiger partial charge >= 0.3 is 0 Å². The SMILES string of the molecule is CCOCCC1CN(C2=Nc3ccc(F)cc3Nc3sc(C)cc32)CCN1C. The van der Waals surface area contributed by atoms with E-state index in [2.05, 4.69) is 35.2 Å². The number of nitrogens with zero attached hydrogens (tertiary/aromatic N) is 3. The average molecular weight is 403 g/mol. The molecule has 1 unspecified atom stereocenters. The largest absolute Gasteiger partial charge is 0.382 e. The molecule has 0 bridgehead atoms. The van der Waals surface area contributed by atoms with Crippen LogP contribution in [-0.4, -0.2) is 61.6 Å². The Hall–Kier alpha value is -1.96. The van der Waals surface area contributed by atoms with E-state index in [4.69, 9.17) is 9.73 Å². The number of nitrogens with one attached hydrogen (secondary N) is 1. The van der Waals surface area contributed by atoms with Crippen LogP contribution in [-0.2, 0) is 4.74 Å². The monoisotopic (exact) mass is 402 g/mol. The fourth-order valence-electron chi connectivity index (χ4n) is 3.83. The molecule has 1 saturated heterocycles. The van der Waals surface area contributed by atoms with Crippen LogP contribution in [0.5, 0.6) is 0 Å². The van der Waals surface area contributed by atoms with Crippen LogP contribution in [0.15, 0.2) is 29.3 Å². The number of aryl methyl sites for hydroxylation is 1. The minimum atomic E-state index is -0.254. The summed E-state index contributed by atoms with van der Waals surface area (Å²) in [5.41, 5.74) is 2.61. The molecule has 5 nitrogen and oxygen atoms in total. The molecule has 150 valence electrons. The summed E-state index contributed by atoms with van der Waals surface area (Å²) < 4.78 is 19.4. The lowest BCUT2D eigenvalue weighted by molar-refractivity contribution is 0.0843. The first-order chi connectivity index (χ1) is 13.5. The number of aliphatic imine (C=N–C) groups is 1. The number of hydrogen-bond donors (Lipinski definition) is 1. The smallest absolute Gasteiger partial charge is 0.139 e. The lowest BCUT2D eigenvalue weighted by atomic mass is 10.1. The first kappa shape index (κ1) is 19.4. The summed E-state index contributed by atoms with van der Waals surface area (Å²) in [4.78, 5) is 11.0. The van der Waals surface area contributed by atoms with Crippen LogP contribution in [0.4, 0.5) is 20.8 Å². The van der Waals surface area contributed by atoms with E-state index in [-0.39, 0.29) is 5.82 Å². The second-order valence-corrected chi connectivity index (χ2v) is 8.64. The molecule has 1 aromatic heterocycles. The zero-order valence-corrected chi connectivity index (χ0v) is 17.5. The third-order valence-electron chi connectivity index (χ3n) is 5.41. The van der Waals surface area contributed by atoms with Gasteiger partial charge in [-0.3, -0.25) is 4.90 Å². The Morgan fingerprint density at radius 2 is 2.18 bits per heavy atom. The lowest BCUT2D eigenvalue weighted by Gasteiger charge is -2.41. The topological polar surface area (TPSA) is 40.1 Å². The summed E-state index contributed by atoms with van der Waals surface area (Å²) in [6, 6.07) is 7.36. The summed E-state index contributed by atoms with van der Waals surface area (Å²) >= 11 is 1.69. The average Bonchev–Trinajstić information content (AvgIpc) is 2.96. The molecule has 2 aliphatic heterocycles. The Morgan fingerprint density at radius 1 is 1.32 bits per heavy atom. The van der Waals surface area contributed by atoms with E-state index in [0.717, 1.165) is 67.0 Å². The van der Waals surface area contributed by atoms with Crippen molar-refractivity contribution in [3.05, 3.63) is 40.5 Å². The first-order valence-electron chi connectivity index (χ1n) is 9.84. The highest BCUT2D eigenvalue weighted by molar-refractivity contribution is 7.16. The normalized spacial score (nSPS) is 19.5. The minimum absolute atomic E-state index is 0.254. The molecule has 1 aromatic carbocycles. The maximum absolute atomic E-state index is 13.8. The lowest BCUT2D eigenvalue weighted by Crippen LogP contribution is -2.53. The van der Waals surface area contributed by atoms with E-state index >= 15 is 0 Å². The highest BCUT2D eigenvalue weighted by Gasteiger charge is 2.30. The van der Waals surface area contributed by atoms with Gasteiger partial charge in [-0.15, -0.1) is 11.3 Å². The number of amidine groups is 1. The Bertz CT molecular complexity index is 881. The van der Waals surface area contributed by atoms with Gasteiger partial charge in [0.15, 0.2) is 0 Å². The zero-order chi connectivity index (χ0) is 19.7. The maximum atomic E-state index is 13.8. The van der Waals surface area contributed by atoms with Crippen molar-refractivity contribution in [3.8, 4) is 0 Å². The molecule has 2 aliphatic rings. The number of piperazine rings is 1. The van der Waals surface area contributed by atoms with Gasteiger partial charge in [-0.25, -0.2) is 9.38 Å². The van der Waals surface area contributed by atoms with Gasteiger partial charge < -0.3 is 15.0 Å². The summed E-state index contributed by atoms with van der Waals surface area (Å²) in [5, 5.41) is 4.44. The summed E-state index contributed by atoms with van der Waals surface area (Å²) in [6.45, 7) is 8.48. The number of rotatable bonds is 4. The molecule has 28 heavy (non-hydrogen) atoms. The van der Waals surface area contributed by atoms with Crippen molar-refractivity contribution in [2.75, 3.05) is 45.2 Å². The van der Waals surface area contributed by atoms with Gasteiger partial charge in [0.25, 0.3) is 0 Å². The Kier molecular flexibility index (Phi) is 5.66. The third kappa shape index (κ3) is 3.92. The van der Waals surface area contributed by atoms with Crippen molar-refractivity contribution in [1.82, 2.24) is 9.80 Å². The maximum Gasteiger partial charge on any atom is 0.139 e. The molecule has 0 radical (unpaired) electrons. The Morgan fingerprint density at radius 3 is 3.00 bits per heavy atom. The van der Waals surface area contributed by atoms with Gasteiger partial charge in [-0.2, -0.15) is 0 Å². The number of likely N-dealkylation sites (N-methyl/N-ethyl adjacent to an activating group) is 1. The molecular formula is C21H27FN4OS. The van der Waals surface area contributed by atoms with Gasteiger partial charge in [-0.05, 0) is 51.6 Å². The van der Waals surface area contributed by atoms with Crippen molar-refractivity contribution in [3.63, 3.8) is 0 Å². The van der Waals surface area contributed by atoms with Crippen LogP contribution < -0.4 is 5.32 Å². The second-order valence-electron chi connectivity index (χ2n) is 7.39. The van der Waals surface area contributed by atoms with Crippen LogP contribution in [0.1, 0.15) is 23.8 Å². The molecule has 0 aliphatic carbocycles. The van der Waals surface area contributed by atoms with Gasteiger partial charge in [0.05, 0.1) is 16.9 Å². The number of anilines is 2. The highest BCUT2D eigenvalue weighted by Crippen LogP contribution is 2.39. The predicted octanol–water partition coefficient (Wildman–Crippen LogP) is 4.37. The summed E-state index contributed by atoms with van der Waals surface area (Å²) in [7, 11) is 2.18. The Balaban J connectivity index is 1.67. The molecular weight excluding hydrogens is 375 g/mol. The Labute approximate surface area is 169 Å². The fourth-order valence-corrected chi connectivity index (χ4v) is 4.75. The molecule has 3 heterocycles. The summed E-state index contributed by atoms with van der Waals surface area (Å²) in [6.07, 6.45) is 1.00. The van der Waals surface area contributed by atoms with E-state index in [9.17, 15) is 4.39 Å². The standard InChI is InChI=1S/C21H27FN4OS/c1-4-27-10-7-16-13-26(9-8-25(16)3)20-17-11-14(2)28-21(17)24-19-12-15(22)5-6-18(19)23-20/h5-6,11-12,16,24H,4,7-10,13H2,1-3H3. The van der Waals surface area contributed by atoms with Gasteiger partial charge in [0, 0.05) is 43.8 Å². The first-order valence-corrected chi connectivity index (χ1v) is 10.7. The van der Waals surface area contributed by atoms with Crippen molar-refractivity contribution in [2.45, 2.75) is 26.3 Å². The molecule has 4 rings (SSSR count). The van der Waals surface area contributed by atoms with E-state index in [1.807, 2.05) is 6.92 Å². The van der Waals surface area contributed by atoms with Crippen molar-refractivity contribution in [1.29, 1.82) is 0 Å². The molecule has 1 fully saturated rings. The van der Waals surface area contributed by atoms with E-state index < -0.39 is 0 Å². The van der Waals surface area contributed by atoms with Crippen LogP contribution in [0, 0.1) is 12.7 Å². The van der Waals surface area contributed by atoms with E-state index in [1.165, 1.54) is 17.0 Å². The zero-order valence-electron chi connectivity index (χ0n) is 16.7. The van der Waals surface area contributed by atoms with Crippen LogP contribution in [0.2, 0.25) is 0 Å². The number of hydrogen-bond acceptors (Lipinski definition) is 6. The fraction of sp³-hybridized carbons (Fsp3) is 0.476. The summed E-state index contributed by atoms with van der Waals surface area (Å²) in [5.74, 6) is 0.724. The van der Waals surface area contributed by atoms with Crippen LogP contribution >= 0.6 is 11.3 Å². The van der Waals surface area contributed by atoms with Crippen LogP contribution in [0.25, 0.3) is 0 Å². The number of benzene rings is 1. The molecule has 0 spiro atoms. The molecule has 0 amide bonds. The van der Waals surface area contributed by atoms with Gasteiger partial charge in [-0.1, -0.05) is 0 Å². The number of thiophene rings is 1. The molecule has 0 saturated carbocycles. The molecule has 1 N–H and O–H groups in total. The number of fused-ring (bicyclic) bond motifs is 2. The number of halogens is 1. The highest BCUT2D eigenvalue weighted by atomic mass is 32.1. The molecule has 1 atom stereocenters. The second kappa shape index (κ2) is 8.19. The van der Waals surface area contributed by atoms with E-state index in [0.29, 0.717) is 6.04 Å². The van der Waals surface area contributed by atoms with E-state index in [1.54, 1.807) is 17.4 Å². The van der Waals surface area contributed by atoms with Gasteiger partial charge in [0.1, 0.15) is 16.7 Å². The van der Waals surface area contributed by atoms with Crippen molar-refractivity contribution in [2.24, 2.45) is 4.99 Å². The predicted molar refractivity (Wildman–Crippen MR) is 114 cm³/mol.